The average Bonchev–Trinajstić information content (AvgIpc) is 2.42. The Labute approximate surface area is 89.6 Å². The molecule has 1 unspecified atom stereocenters. The van der Waals surface area contributed by atoms with E-state index in [4.69, 9.17) is 9.47 Å². The minimum absolute atomic E-state index is 0.0670. The topological polar surface area (TPSA) is 38.7 Å². The van der Waals surface area contributed by atoms with E-state index in [9.17, 15) is 5.11 Å². The first kappa shape index (κ1) is 10.5. The largest absolute Gasteiger partial charge is 0.508 e. The first-order valence-corrected chi connectivity index (χ1v) is 5.16. The zero-order valence-electron chi connectivity index (χ0n) is 9.23. The molecule has 1 aromatic rings. The summed E-state index contributed by atoms with van der Waals surface area (Å²) in [5, 5.41) is 9.41. The van der Waals surface area contributed by atoms with Crippen molar-refractivity contribution < 1.29 is 14.6 Å². The molecule has 15 heavy (non-hydrogen) atoms. The van der Waals surface area contributed by atoms with Crippen molar-refractivity contribution in [3.05, 3.63) is 29.8 Å². The van der Waals surface area contributed by atoms with E-state index in [2.05, 4.69) is 0 Å². The first-order valence-electron chi connectivity index (χ1n) is 5.16. The van der Waals surface area contributed by atoms with E-state index in [0.717, 1.165) is 5.56 Å². The van der Waals surface area contributed by atoms with Crippen LogP contribution in [0.2, 0.25) is 0 Å². The highest BCUT2D eigenvalue weighted by Crippen LogP contribution is 2.37. The molecule has 1 saturated heterocycles. The number of phenolic OH excluding ortho intramolecular Hbond substituents is 1. The zero-order chi connectivity index (χ0) is 11.1. The van der Waals surface area contributed by atoms with Crippen molar-refractivity contribution in [3.8, 4) is 5.75 Å². The van der Waals surface area contributed by atoms with Gasteiger partial charge in [-0.2, -0.15) is 0 Å². The van der Waals surface area contributed by atoms with Crippen LogP contribution in [0.25, 0.3) is 0 Å². The van der Waals surface area contributed by atoms with Crippen LogP contribution in [0.3, 0.4) is 0 Å². The highest BCUT2D eigenvalue weighted by atomic mass is 16.8. The summed E-state index contributed by atoms with van der Waals surface area (Å²) in [6, 6.07) is 6.99. The molecule has 0 amide bonds. The molecule has 3 nitrogen and oxygen atoms in total. The lowest BCUT2D eigenvalue weighted by atomic mass is 10.1. The van der Waals surface area contributed by atoms with E-state index in [1.54, 1.807) is 18.2 Å². The quantitative estimate of drug-likeness (QED) is 0.770. The van der Waals surface area contributed by atoms with Gasteiger partial charge < -0.3 is 14.6 Å². The van der Waals surface area contributed by atoms with Gasteiger partial charge in [-0.25, -0.2) is 0 Å². The summed E-state index contributed by atoms with van der Waals surface area (Å²) in [4.78, 5) is 0. The van der Waals surface area contributed by atoms with Gasteiger partial charge in [0.25, 0.3) is 0 Å². The third-order valence-electron chi connectivity index (χ3n) is 2.85. The van der Waals surface area contributed by atoms with Crippen LogP contribution in [0.1, 0.15) is 26.3 Å². The van der Waals surface area contributed by atoms with Crippen molar-refractivity contribution in [2.45, 2.75) is 38.8 Å². The van der Waals surface area contributed by atoms with Gasteiger partial charge in [-0.1, -0.05) is 12.1 Å². The second-order valence-corrected chi connectivity index (χ2v) is 4.14. The molecule has 1 fully saturated rings. The molecule has 1 aromatic carbocycles. The Morgan fingerprint density at radius 3 is 2.33 bits per heavy atom. The van der Waals surface area contributed by atoms with Crippen molar-refractivity contribution in [2.75, 3.05) is 0 Å². The maximum Gasteiger partial charge on any atom is 0.192 e. The summed E-state index contributed by atoms with van der Waals surface area (Å²) in [5.74, 6) is -0.509. The van der Waals surface area contributed by atoms with Crippen molar-refractivity contribution >= 4 is 0 Å². The van der Waals surface area contributed by atoms with Gasteiger partial charge in [0.1, 0.15) is 5.75 Å². The summed E-state index contributed by atoms with van der Waals surface area (Å²) in [5.41, 5.74) is 0.846. The SMILES string of the molecule is C[C@@H]1OC(C)(c2cccc(O)c2)O[C@@H]1C. The van der Waals surface area contributed by atoms with Crippen LogP contribution >= 0.6 is 0 Å². The molecule has 1 heterocycles. The highest BCUT2D eigenvalue weighted by molar-refractivity contribution is 5.30. The van der Waals surface area contributed by atoms with Gasteiger partial charge in [0, 0.05) is 5.56 Å². The minimum Gasteiger partial charge on any atom is -0.508 e. The average molecular weight is 208 g/mol. The van der Waals surface area contributed by atoms with Crippen molar-refractivity contribution in [1.29, 1.82) is 0 Å². The van der Waals surface area contributed by atoms with Crippen LogP contribution in [0.5, 0.6) is 5.75 Å². The molecule has 1 aliphatic heterocycles. The molecule has 1 N–H and O–H groups in total. The molecule has 3 atom stereocenters. The van der Waals surface area contributed by atoms with Gasteiger partial charge >= 0.3 is 0 Å². The predicted molar refractivity (Wildman–Crippen MR) is 56.6 cm³/mol. The maximum absolute atomic E-state index is 9.41. The van der Waals surface area contributed by atoms with E-state index in [1.807, 2.05) is 26.8 Å². The van der Waals surface area contributed by atoms with E-state index >= 15 is 0 Å². The van der Waals surface area contributed by atoms with Crippen molar-refractivity contribution in [3.63, 3.8) is 0 Å². The highest BCUT2D eigenvalue weighted by Gasteiger charge is 2.41. The molecule has 0 aliphatic carbocycles. The summed E-state index contributed by atoms with van der Waals surface area (Å²) in [7, 11) is 0. The molecule has 0 aromatic heterocycles. The minimum atomic E-state index is -0.739. The van der Waals surface area contributed by atoms with Gasteiger partial charge in [-0.05, 0) is 32.9 Å². The summed E-state index contributed by atoms with van der Waals surface area (Å²) < 4.78 is 11.5. The number of hydrogen-bond acceptors (Lipinski definition) is 3. The lowest BCUT2D eigenvalue weighted by Crippen LogP contribution is -2.23. The number of phenols is 1. The number of rotatable bonds is 1. The third-order valence-corrected chi connectivity index (χ3v) is 2.85. The molecule has 0 saturated carbocycles. The fourth-order valence-corrected chi connectivity index (χ4v) is 1.85. The monoisotopic (exact) mass is 208 g/mol. The number of benzene rings is 1. The predicted octanol–water partition coefficient (Wildman–Crippen LogP) is 2.39. The molecular weight excluding hydrogens is 192 g/mol. The molecule has 1 aliphatic rings. The van der Waals surface area contributed by atoms with Crippen LogP contribution in [0.15, 0.2) is 24.3 Å². The van der Waals surface area contributed by atoms with E-state index in [0.29, 0.717) is 0 Å². The summed E-state index contributed by atoms with van der Waals surface area (Å²) in [6.45, 7) is 5.85. The lowest BCUT2D eigenvalue weighted by Gasteiger charge is -2.23. The van der Waals surface area contributed by atoms with Gasteiger partial charge in [0.15, 0.2) is 5.79 Å². The Balaban J connectivity index is 2.31. The fourth-order valence-electron chi connectivity index (χ4n) is 1.85. The number of ether oxygens (including phenoxy) is 2. The standard InChI is InChI=1S/C12H16O3/c1-8-9(2)15-12(3,14-8)10-5-4-6-11(13)7-10/h4-9,13H,1-3H3/t8-,9+,12?. The molecule has 82 valence electrons. The molecule has 2 rings (SSSR count). The van der Waals surface area contributed by atoms with Crippen LogP contribution in [-0.2, 0) is 15.3 Å². The Morgan fingerprint density at radius 1 is 1.20 bits per heavy atom. The van der Waals surface area contributed by atoms with E-state index in [1.165, 1.54) is 0 Å². The first-order chi connectivity index (χ1) is 7.01. The van der Waals surface area contributed by atoms with Crippen LogP contribution in [0.4, 0.5) is 0 Å². The summed E-state index contributed by atoms with van der Waals surface area (Å²) in [6.07, 6.45) is 0.134. The molecule has 0 radical (unpaired) electrons. The second-order valence-electron chi connectivity index (χ2n) is 4.14. The number of hydrogen-bond donors (Lipinski definition) is 1. The Morgan fingerprint density at radius 2 is 1.80 bits per heavy atom. The molecule has 0 spiro atoms. The Bertz CT molecular complexity index is 352. The number of aromatic hydroxyl groups is 1. The molecular formula is C12H16O3. The third kappa shape index (κ3) is 1.85. The van der Waals surface area contributed by atoms with Crippen LogP contribution in [0, 0.1) is 0 Å². The van der Waals surface area contributed by atoms with E-state index < -0.39 is 5.79 Å². The Hall–Kier alpha value is -1.06. The van der Waals surface area contributed by atoms with Crippen molar-refractivity contribution in [1.82, 2.24) is 0 Å². The Kier molecular flexibility index (Phi) is 2.44. The zero-order valence-corrected chi connectivity index (χ0v) is 9.23. The van der Waals surface area contributed by atoms with E-state index in [-0.39, 0.29) is 18.0 Å². The fraction of sp³-hybridized carbons (Fsp3) is 0.500. The van der Waals surface area contributed by atoms with Crippen LogP contribution < -0.4 is 0 Å². The summed E-state index contributed by atoms with van der Waals surface area (Å²) >= 11 is 0. The normalized spacial score (nSPS) is 35.7. The van der Waals surface area contributed by atoms with Crippen molar-refractivity contribution in [2.24, 2.45) is 0 Å². The molecule has 0 bridgehead atoms. The van der Waals surface area contributed by atoms with Gasteiger partial charge in [-0.15, -0.1) is 0 Å². The lowest BCUT2D eigenvalue weighted by molar-refractivity contribution is -0.167. The van der Waals surface area contributed by atoms with Crippen LogP contribution in [-0.4, -0.2) is 17.3 Å². The van der Waals surface area contributed by atoms with Gasteiger partial charge in [-0.3, -0.25) is 0 Å². The molecule has 3 heteroatoms. The van der Waals surface area contributed by atoms with Gasteiger partial charge in [0.2, 0.25) is 0 Å². The maximum atomic E-state index is 9.41. The smallest absolute Gasteiger partial charge is 0.192 e. The van der Waals surface area contributed by atoms with Gasteiger partial charge in [0.05, 0.1) is 12.2 Å². The second kappa shape index (κ2) is 3.51.